The van der Waals surface area contributed by atoms with Crippen LogP contribution in [0.4, 0.5) is 18.9 Å². The summed E-state index contributed by atoms with van der Waals surface area (Å²) < 4.78 is 37.7. The van der Waals surface area contributed by atoms with Gasteiger partial charge in [-0.15, -0.1) is 0 Å². The topological polar surface area (TPSA) is 15.3 Å². The monoisotopic (exact) mass is 288 g/mol. The molecular weight excluding hydrogens is 265 g/mol. The Balaban J connectivity index is 2.72. The van der Waals surface area contributed by atoms with Gasteiger partial charge in [0.15, 0.2) is 0 Å². The molecule has 0 aromatic heterocycles. The van der Waals surface area contributed by atoms with Crippen molar-refractivity contribution < 1.29 is 13.2 Å². The fourth-order valence-electron chi connectivity index (χ4n) is 1.93. The molecule has 1 aromatic rings. The summed E-state index contributed by atoms with van der Waals surface area (Å²) in [6.45, 7) is 6.23. The first kappa shape index (κ1) is 16.8. The Kier molecular flexibility index (Phi) is 6.33. The highest BCUT2D eigenvalue weighted by Gasteiger charge is 2.30. The minimum absolute atomic E-state index is 0.386. The molecule has 0 saturated heterocycles. The van der Waals surface area contributed by atoms with Crippen LogP contribution in [0.1, 0.15) is 32.8 Å². The van der Waals surface area contributed by atoms with Crippen LogP contribution in [0.2, 0.25) is 0 Å². The molecule has 0 atom stereocenters. The molecule has 0 amide bonds. The Labute approximate surface area is 119 Å². The van der Waals surface area contributed by atoms with Crippen molar-refractivity contribution in [3.63, 3.8) is 0 Å². The largest absolute Gasteiger partial charge is 0.405 e. The Morgan fingerprint density at radius 2 is 1.75 bits per heavy atom. The van der Waals surface area contributed by atoms with Crippen LogP contribution >= 0.6 is 0 Å². The molecule has 0 heterocycles. The third kappa shape index (κ3) is 6.28. The van der Waals surface area contributed by atoms with Crippen LogP contribution in [-0.4, -0.2) is 25.3 Å². The number of hydrogen-bond acceptors (Lipinski definition) is 2. The molecule has 2 nitrogen and oxygen atoms in total. The van der Waals surface area contributed by atoms with Gasteiger partial charge in [-0.1, -0.05) is 32.9 Å². The summed E-state index contributed by atoms with van der Waals surface area (Å²) >= 11 is 0. The van der Waals surface area contributed by atoms with E-state index in [2.05, 4.69) is 19.2 Å². The second-order valence-corrected chi connectivity index (χ2v) is 5.24. The molecule has 0 aliphatic carbocycles. The third-order valence-electron chi connectivity index (χ3n) is 2.88. The van der Waals surface area contributed by atoms with E-state index in [1.54, 1.807) is 12.1 Å². The van der Waals surface area contributed by atoms with E-state index < -0.39 is 12.7 Å². The molecule has 0 fully saturated rings. The van der Waals surface area contributed by atoms with Gasteiger partial charge in [-0.25, -0.2) is 0 Å². The van der Waals surface area contributed by atoms with Crippen LogP contribution in [0.5, 0.6) is 0 Å². The van der Waals surface area contributed by atoms with Gasteiger partial charge in [-0.05, 0) is 24.1 Å². The first-order chi connectivity index (χ1) is 9.31. The quantitative estimate of drug-likeness (QED) is 0.817. The van der Waals surface area contributed by atoms with E-state index in [9.17, 15) is 13.2 Å². The molecule has 20 heavy (non-hydrogen) atoms. The minimum atomic E-state index is -4.17. The van der Waals surface area contributed by atoms with Crippen molar-refractivity contribution in [1.29, 1.82) is 0 Å². The van der Waals surface area contributed by atoms with Gasteiger partial charge in [0.2, 0.25) is 0 Å². The third-order valence-corrected chi connectivity index (χ3v) is 2.88. The zero-order valence-corrected chi connectivity index (χ0v) is 12.3. The van der Waals surface area contributed by atoms with Crippen molar-refractivity contribution in [2.45, 2.75) is 46.0 Å². The number of anilines is 1. The lowest BCUT2D eigenvalue weighted by Crippen LogP contribution is -2.34. The fourth-order valence-corrected chi connectivity index (χ4v) is 1.93. The molecule has 0 aliphatic heterocycles. The second kappa shape index (κ2) is 7.53. The molecule has 0 aliphatic rings. The zero-order chi connectivity index (χ0) is 15.2. The number of benzene rings is 1. The summed E-state index contributed by atoms with van der Waals surface area (Å²) in [6, 6.07) is 7.67. The van der Waals surface area contributed by atoms with Crippen LogP contribution in [0.3, 0.4) is 0 Å². The predicted molar refractivity (Wildman–Crippen MR) is 77.0 cm³/mol. The second-order valence-electron chi connectivity index (χ2n) is 5.24. The van der Waals surface area contributed by atoms with E-state index in [1.165, 1.54) is 4.90 Å². The van der Waals surface area contributed by atoms with Crippen molar-refractivity contribution in [2.24, 2.45) is 0 Å². The Hall–Kier alpha value is -1.23. The maximum Gasteiger partial charge on any atom is 0.405 e. The molecule has 114 valence electrons. The number of alkyl halides is 3. The van der Waals surface area contributed by atoms with Gasteiger partial charge >= 0.3 is 6.18 Å². The highest BCUT2D eigenvalue weighted by molar-refractivity contribution is 5.47. The van der Waals surface area contributed by atoms with Crippen molar-refractivity contribution in [3.05, 3.63) is 29.8 Å². The SMILES string of the molecule is CCCN(CC(F)(F)F)c1ccc(CNC(C)C)cc1. The maximum absolute atomic E-state index is 12.6. The van der Waals surface area contributed by atoms with Gasteiger partial charge in [0, 0.05) is 24.8 Å². The highest BCUT2D eigenvalue weighted by atomic mass is 19.4. The molecule has 0 saturated carbocycles. The molecule has 1 rings (SSSR count). The van der Waals surface area contributed by atoms with E-state index in [4.69, 9.17) is 0 Å². The summed E-state index contributed by atoms with van der Waals surface area (Å²) in [7, 11) is 0. The van der Waals surface area contributed by atoms with Crippen molar-refractivity contribution in [2.75, 3.05) is 18.0 Å². The predicted octanol–water partition coefficient (Wildman–Crippen LogP) is 3.96. The van der Waals surface area contributed by atoms with Crippen LogP contribution < -0.4 is 10.2 Å². The van der Waals surface area contributed by atoms with Crippen molar-refractivity contribution in [3.8, 4) is 0 Å². The minimum Gasteiger partial charge on any atom is -0.363 e. The zero-order valence-electron chi connectivity index (χ0n) is 12.3. The molecule has 5 heteroatoms. The molecule has 0 radical (unpaired) electrons. The first-order valence-electron chi connectivity index (χ1n) is 6.96. The number of halogens is 3. The lowest BCUT2D eigenvalue weighted by molar-refractivity contribution is -0.119. The Morgan fingerprint density at radius 1 is 1.15 bits per heavy atom. The van der Waals surface area contributed by atoms with E-state index >= 15 is 0 Å². The molecule has 1 N–H and O–H groups in total. The first-order valence-corrected chi connectivity index (χ1v) is 6.96. The van der Waals surface area contributed by atoms with Gasteiger partial charge in [0.1, 0.15) is 6.54 Å². The van der Waals surface area contributed by atoms with Crippen molar-refractivity contribution in [1.82, 2.24) is 5.32 Å². The smallest absolute Gasteiger partial charge is 0.363 e. The number of hydrogen-bond donors (Lipinski definition) is 1. The van der Waals surface area contributed by atoms with E-state index in [0.29, 0.717) is 24.7 Å². The molecule has 0 spiro atoms. The number of nitrogens with one attached hydrogen (secondary N) is 1. The fraction of sp³-hybridized carbons (Fsp3) is 0.600. The van der Waals surface area contributed by atoms with Crippen LogP contribution in [0.15, 0.2) is 24.3 Å². The van der Waals surface area contributed by atoms with E-state index in [0.717, 1.165) is 12.1 Å². The molecule has 0 bridgehead atoms. The molecule has 0 unspecified atom stereocenters. The van der Waals surface area contributed by atoms with Crippen LogP contribution in [0, 0.1) is 0 Å². The summed E-state index contributed by atoms with van der Waals surface area (Å²) in [5.74, 6) is 0. The van der Waals surface area contributed by atoms with E-state index in [1.807, 2.05) is 19.1 Å². The van der Waals surface area contributed by atoms with Gasteiger partial charge in [0.25, 0.3) is 0 Å². The van der Waals surface area contributed by atoms with Gasteiger partial charge < -0.3 is 10.2 Å². The van der Waals surface area contributed by atoms with Crippen LogP contribution in [0.25, 0.3) is 0 Å². The Bertz CT molecular complexity index is 385. The van der Waals surface area contributed by atoms with Crippen molar-refractivity contribution >= 4 is 5.69 Å². The summed E-state index contributed by atoms with van der Waals surface area (Å²) in [5.41, 5.74) is 1.70. The normalized spacial score (nSPS) is 11.9. The number of rotatable bonds is 7. The lowest BCUT2D eigenvalue weighted by Gasteiger charge is -2.25. The van der Waals surface area contributed by atoms with Gasteiger partial charge in [-0.3, -0.25) is 0 Å². The van der Waals surface area contributed by atoms with Gasteiger partial charge in [-0.2, -0.15) is 13.2 Å². The molecule has 1 aromatic carbocycles. The highest BCUT2D eigenvalue weighted by Crippen LogP contribution is 2.22. The maximum atomic E-state index is 12.6. The molecular formula is C15H23F3N2. The lowest BCUT2D eigenvalue weighted by atomic mass is 10.1. The average Bonchev–Trinajstić information content (AvgIpc) is 2.35. The summed E-state index contributed by atoms with van der Waals surface area (Å²) in [6.07, 6.45) is -3.49. The van der Waals surface area contributed by atoms with Crippen LogP contribution in [-0.2, 0) is 6.54 Å². The Morgan fingerprint density at radius 3 is 2.20 bits per heavy atom. The summed E-state index contributed by atoms with van der Waals surface area (Å²) in [5, 5.41) is 3.28. The summed E-state index contributed by atoms with van der Waals surface area (Å²) in [4.78, 5) is 1.37. The van der Waals surface area contributed by atoms with E-state index in [-0.39, 0.29) is 0 Å². The van der Waals surface area contributed by atoms with Gasteiger partial charge in [0.05, 0.1) is 0 Å². The average molecular weight is 288 g/mol. The standard InChI is InChI=1S/C15H23F3N2/c1-4-9-20(11-15(16,17)18)14-7-5-13(6-8-14)10-19-12(2)3/h5-8,12,19H,4,9-11H2,1-3H3. The number of nitrogens with zero attached hydrogens (tertiary/aromatic N) is 1.